The highest BCUT2D eigenvalue weighted by Crippen LogP contribution is 2.28. The highest BCUT2D eigenvalue weighted by Gasteiger charge is 2.38. The first-order valence-corrected chi connectivity index (χ1v) is 10.9. The number of anilines is 1. The van der Waals surface area contributed by atoms with Crippen LogP contribution in [0.2, 0.25) is 0 Å². The summed E-state index contributed by atoms with van der Waals surface area (Å²) >= 11 is 3.44. The summed E-state index contributed by atoms with van der Waals surface area (Å²) in [7, 11) is 0. The number of nitrogens with zero attached hydrogens (tertiary/aromatic N) is 3. The molecule has 0 aliphatic carbocycles. The van der Waals surface area contributed by atoms with Crippen LogP contribution in [0.25, 0.3) is 0 Å². The maximum absolute atomic E-state index is 12.8. The summed E-state index contributed by atoms with van der Waals surface area (Å²) in [6.45, 7) is 3.26. The molecule has 1 atom stereocenters. The van der Waals surface area contributed by atoms with Crippen LogP contribution in [-0.4, -0.2) is 47.4 Å². The van der Waals surface area contributed by atoms with Crippen molar-refractivity contribution in [3.8, 4) is 0 Å². The molecule has 2 amide bonds. The lowest BCUT2D eigenvalue weighted by Gasteiger charge is -2.32. The number of carbonyl (C=O) groups is 2. The van der Waals surface area contributed by atoms with Crippen LogP contribution in [0.1, 0.15) is 25.0 Å². The summed E-state index contributed by atoms with van der Waals surface area (Å²) in [6.07, 6.45) is 4.18. The Hall–Kier alpha value is -2.25. The van der Waals surface area contributed by atoms with E-state index in [0.717, 1.165) is 48.3 Å². The maximum atomic E-state index is 12.8. The lowest BCUT2D eigenvalue weighted by Crippen LogP contribution is -2.47. The molecule has 1 unspecified atom stereocenters. The molecule has 3 heterocycles. The van der Waals surface area contributed by atoms with Gasteiger partial charge in [0.15, 0.2) is 0 Å². The van der Waals surface area contributed by atoms with Gasteiger partial charge in [0.25, 0.3) is 0 Å². The van der Waals surface area contributed by atoms with Gasteiger partial charge in [-0.25, -0.2) is 0 Å². The number of carbonyl (C=O) groups excluding carboxylic acids is 2. The number of benzene rings is 1. The van der Waals surface area contributed by atoms with Crippen molar-refractivity contribution in [2.75, 3.05) is 24.5 Å². The highest BCUT2D eigenvalue weighted by molar-refractivity contribution is 9.10. The van der Waals surface area contributed by atoms with E-state index in [2.05, 4.69) is 31.1 Å². The van der Waals surface area contributed by atoms with Crippen molar-refractivity contribution in [3.63, 3.8) is 0 Å². The molecule has 2 saturated heterocycles. The fraction of sp³-hybridized carbons (Fsp3) is 0.409. The molecule has 2 aliphatic rings. The van der Waals surface area contributed by atoms with E-state index in [4.69, 9.17) is 0 Å². The van der Waals surface area contributed by atoms with Crippen LogP contribution >= 0.6 is 15.9 Å². The van der Waals surface area contributed by atoms with Gasteiger partial charge in [0.2, 0.25) is 11.8 Å². The Bertz CT molecular complexity index is 868. The summed E-state index contributed by atoms with van der Waals surface area (Å²) in [5.41, 5.74) is 1.90. The van der Waals surface area contributed by atoms with Crippen molar-refractivity contribution in [1.29, 1.82) is 0 Å². The van der Waals surface area contributed by atoms with E-state index in [0.29, 0.717) is 13.0 Å². The van der Waals surface area contributed by atoms with E-state index >= 15 is 0 Å². The minimum atomic E-state index is -0.583. The monoisotopic (exact) mass is 456 g/mol. The van der Waals surface area contributed by atoms with Crippen molar-refractivity contribution >= 4 is 33.4 Å². The van der Waals surface area contributed by atoms with Gasteiger partial charge in [-0.3, -0.25) is 19.5 Å². The van der Waals surface area contributed by atoms with Gasteiger partial charge >= 0.3 is 0 Å². The third-order valence-electron chi connectivity index (χ3n) is 5.69. The predicted molar refractivity (Wildman–Crippen MR) is 115 cm³/mol. The molecular weight excluding hydrogens is 432 g/mol. The van der Waals surface area contributed by atoms with Gasteiger partial charge in [-0.1, -0.05) is 28.1 Å². The Morgan fingerprint density at radius 1 is 1.10 bits per heavy atom. The first kappa shape index (κ1) is 20.0. The fourth-order valence-corrected chi connectivity index (χ4v) is 4.47. The van der Waals surface area contributed by atoms with Crippen LogP contribution in [0, 0.1) is 5.92 Å². The molecule has 1 aromatic heterocycles. The van der Waals surface area contributed by atoms with E-state index in [-0.39, 0.29) is 17.9 Å². The molecule has 7 heteroatoms. The second kappa shape index (κ2) is 9.05. The second-order valence-electron chi connectivity index (χ2n) is 7.69. The maximum Gasteiger partial charge on any atom is 0.239 e. The molecule has 6 nitrogen and oxygen atoms in total. The van der Waals surface area contributed by atoms with Gasteiger partial charge in [0.1, 0.15) is 5.92 Å². The quantitative estimate of drug-likeness (QED) is 0.702. The Balaban J connectivity index is 1.27. The Morgan fingerprint density at radius 3 is 2.66 bits per heavy atom. The fourth-order valence-electron chi connectivity index (χ4n) is 4.08. The predicted octanol–water partition coefficient (Wildman–Crippen LogP) is 2.98. The molecule has 2 fully saturated rings. The number of hydrogen-bond donors (Lipinski definition) is 1. The van der Waals surface area contributed by atoms with Crippen molar-refractivity contribution in [3.05, 3.63) is 58.8 Å². The Labute approximate surface area is 179 Å². The molecule has 152 valence electrons. The zero-order chi connectivity index (χ0) is 20.2. The molecule has 0 radical (unpaired) electrons. The summed E-state index contributed by atoms with van der Waals surface area (Å²) in [5, 5.41) is 3.12. The van der Waals surface area contributed by atoms with Crippen molar-refractivity contribution < 1.29 is 9.59 Å². The summed E-state index contributed by atoms with van der Waals surface area (Å²) in [5.74, 6) is -0.815. The first-order chi connectivity index (χ1) is 14.1. The number of aromatic nitrogens is 1. The summed E-state index contributed by atoms with van der Waals surface area (Å²) < 4.78 is 0.924. The second-order valence-corrected chi connectivity index (χ2v) is 8.61. The number of hydrogen-bond acceptors (Lipinski definition) is 4. The normalized spacial score (nSPS) is 20.8. The topological polar surface area (TPSA) is 65.5 Å². The van der Waals surface area contributed by atoms with Crippen molar-refractivity contribution in [2.45, 2.75) is 31.8 Å². The molecular formula is C22H25BrN4O2. The van der Waals surface area contributed by atoms with Gasteiger partial charge in [-0.2, -0.15) is 0 Å². The Morgan fingerprint density at radius 2 is 1.93 bits per heavy atom. The number of likely N-dealkylation sites (tertiary alicyclic amines) is 1. The van der Waals surface area contributed by atoms with Crippen LogP contribution < -0.4 is 10.2 Å². The largest absolute Gasteiger partial charge is 0.353 e. The number of nitrogens with one attached hydrogen (secondary N) is 1. The minimum Gasteiger partial charge on any atom is -0.353 e. The first-order valence-electron chi connectivity index (χ1n) is 10.1. The summed E-state index contributed by atoms with van der Waals surface area (Å²) in [6, 6.07) is 13.7. The Kier molecular flexibility index (Phi) is 6.25. The SMILES string of the molecule is O=C(NC1CCN(Cc2ccccn2)CC1)C1CCN(c2cccc(Br)c2)C1=O. The lowest BCUT2D eigenvalue weighted by atomic mass is 10.0. The van der Waals surface area contributed by atoms with Crippen LogP contribution in [-0.2, 0) is 16.1 Å². The van der Waals surface area contributed by atoms with Gasteiger partial charge in [0, 0.05) is 48.6 Å². The van der Waals surface area contributed by atoms with Crippen LogP contribution in [0.3, 0.4) is 0 Å². The van der Waals surface area contributed by atoms with Crippen LogP contribution in [0.15, 0.2) is 53.1 Å². The number of amides is 2. The molecule has 1 N–H and O–H groups in total. The van der Waals surface area contributed by atoms with E-state index < -0.39 is 5.92 Å². The van der Waals surface area contributed by atoms with E-state index in [1.165, 1.54) is 0 Å². The molecule has 2 aromatic rings. The third-order valence-corrected chi connectivity index (χ3v) is 6.18. The molecule has 29 heavy (non-hydrogen) atoms. The lowest BCUT2D eigenvalue weighted by molar-refractivity contribution is -0.132. The van der Waals surface area contributed by atoms with Gasteiger partial charge in [-0.05, 0) is 49.6 Å². The minimum absolute atomic E-state index is 0.104. The molecule has 0 spiro atoms. The van der Waals surface area contributed by atoms with E-state index in [1.54, 1.807) is 4.90 Å². The zero-order valence-electron chi connectivity index (χ0n) is 16.3. The van der Waals surface area contributed by atoms with Gasteiger partial charge in [-0.15, -0.1) is 0 Å². The summed E-state index contributed by atoms with van der Waals surface area (Å²) in [4.78, 5) is 34.0. The number of pyridine rings is 1. The number of piperidine rings is 1. The molecule has 2 aliphatic heterocycles. The average Bonchev–Trinajstić information content (AvgIpc) is 3.12. The molecule has 0 bridgehead atoms. The average molecular weight is 457 g/mol. The van der Waals surface area contributed by atoms with Crippen molar-refractivity contribution in [1.82, 2.24) is 15.2 Å². The van der Waals surface area contributed by atoms with Crippen LogP contribution in [0.4, 0.5) is 5.69 Å². The van der Waals surface area contributed by atoms with E-state index in [9.17, 15) is 9.59 Å². The standard InChI is InChI=1S/C22H25BrN4O2/c23-16-4-3-6-19(14-16)27-13-9-20(22(27)29)21(28)25-17-7-11-26(12-8-17)15-18-5-1-2-10-24-18/h1-6,10,14,17,20H,7-9,11-13,15H2,(H,25,28). The van der Waals surface area contributed by atoms with Gasteiger partial charge < -0.3 is 10.2 Å². The van der Waals surface area contributed by atoms with E-state index in [1.807, 2.05) is 48.7 Å². The van der Waals surface area contributed by atoms with Crippen molar-refractivity contribution in [2.24, 2.45) is 5.92 Å². The van der Waals surface area contributed by atoms with Gasteiger partial charge in [0.05, 0.1) is 5.69 Å². The number of rotatable bonds is 5. The van der Waals surface area contributed by atoms with Crippen LogP contribution in [0.5, 0.6) is 0 Å². The zero-order valence-corrected chi connectivity index (χ0v) is 17.8. The molecule has 4 rings (SSSR count). The smallest absolute Gasteiger partial charge is 0.239 e. The highest BCUT2D eigenvalue weighted by atomic mass is 79.9. The third kappa shape index (κ3) is 4.85. The molecule has 0 saturated carbocycles. The molecule has 1 aromatic carbocycles. The number of halogens is 1.